The van der Waals surface area contributed by atoms with Crippen LogP contribution in [0.3, 0.4) is 0 Å². The lowest BCUT2D eigenvalue weighted by Crippen LogP contribution is -2.36. The molecule has 0 saturated carbocycles. The van der Waals surface area contributed by atoms with Crippen LogP contribution in [-0.2, 0) is 5.54 Å². The second kappa shape index (κ2) is 5.38. The third-order valence-corrected chi connectivity index (χ3v) is 3.94. The molecule has 2 rings (SSSR count). The molecule has 2 N–H and O–H groups in total. The summed E-state index contributed by atoms with van der Waals surface area (Å²) in [6.07, 6.45) is 1.41. The predicted octanol–water partition coefficient (Wildman–Crippen LogP) is 3.61. The maximum absolute atomic E-state index is 13.5. The Bertz CT molecular complexity index is 581. The fourth-order valence-electron chi connectivity index (χ4n) is 1.74. The van der Waals surface area contributed by atoms with Crippen LogP contribution in [0, 0.1) is 5.82 Å². The van der Waals surface area contributed by atoms with Crippen LogP contribution in [0.5, 0.6) is 0 Å². The highest BCUT2D eigenvalue weighted by molar-refractivity contribution is 9.10. The zero-order valence-corrected chi connectivity index (χ0v) is 12.4. The first-order valence-corrected chi connectivity index (χ1v) is 6.88. The average Bonchev–Trinajstić information content (AvgIpc) is 2.91. The van der Waals surface area contributed by atoms with Gasteiger partial charge in [0, 0.05) is 5.56 Å². The molecule has 0 aliphatic rings. The van der Waals surface area contributed by atoms with Crippen LogP contribution in [0.25, 0.3) is 11.5 Å². The first-order valence-electron chi connectivity index (χ1n) is 6.08. The normalized spacial score (nSPS) is 11.8. The Morgan fingerprint density at radius 1 is 1.37 bits per heavy atom. The highest BCUT2D eigenvalue weighted by Gasteiger charge is 2.29. The number of aromatic nitrogens is 2. The summed E-state index contributed by atoms with van der Waals surface area (Å²) in [4.78, 5) is 4.28. The Morgan fingerprint density at radius 2 is 2.05 bits per heavy atom. The van der Waals surface area contributed by atoms with Crippen LogP contribution in [0.1, 0.15) is 32.5 Å². The van der Waals surface area contributed by atoms with Gasteiger partial charge in [0.05, 0.1) is 10.0 Å². The van der Waals surface area contributed by atoms with Crippen molar-refractivity contribution in [3.8, 4) is 11.5 Å². The Labute approximate surface area is 119 Å². The molecule has 2 aromatic rings. The predicted molar refractivity (Wildman–Crippen MR) is 73.8 cm³/mol. The summed E-state index contributed by atoms with van der Waals surface area (Å²) in [5, 5.41) is 3.91. The molecule has 0 spiro atoms. The van der Waals surface area contributed by atoms with Crippen LogP contribution < -0.4 is 5.73 Å². The molecule has 0 radical (unpaired) electrons. The van der Waals surface area contributed by atoms with Crippen molar-refractivity contribution in [1.82, 2.24) is 10.1 Å². The van der Waals surface area contributed by atoms with Gasteiger partial charge in [-0.15, -0.1) is 0 Å². The van der Waals surface area contributed by atoms with E-state index in [9.17, 15) is 4.39 Å². The fourth-order valence-corrected chi connectivity index (χ4v) is 1.98. The van der Waals surface area contributed by atoms with E-state index in [-0.39, 0.29) is 11.7 Å². The Kier molecular flexibility index (Phi) is 4.01. The highest BCUT2D eigenvalue weighted by Crippen LogP contribution is 2.27. The fraction of sp³-hybridized carbons (Fsp3) is 0.385. The Balaban J connectivity index is 2.38. The molecule has 0 unspecified atom stereocenters. The van der Waals surface area contributed by atoms with Crippen molar-refractivity contribution < 1.29 is 8.91 Å². The van der Waals surface area contributed by atoms with Gasteiger partial charge in [0.15, 0.2) is 5.82 Å². The molecule has 6 heteroatoms. The van der Waals surface area contributed by atoms with Gasteiger partial charge in [0.1, 0.15) is 5.82 Å². The summed E-state index contributed by atoms with van der Waals surface area (Å²) in [5.74, 6) is 0.358. The third kappa shape index (κ3) is 2.69. The standard InChI is InChI=1S/C13H15BrFN3O/c1-3-13(16,4-2)12-17-11(19-18-12)8-5-6-9(14)10(15)7-8/h5-7H,3-4,16H2,1-2H3. The topological polar surface area (TPSA) is 64.9 Å². The summed E-state index contributed by atoms with van der Waals surface area (Å²) in [6.45, 7) is 3.94. The lowest BCUT2D eigenvalue weighted by atomic mass is 9.93. The molecule has 0 amide bonds. The van der Waals surface area contributed by atoms with Gasteiger partial charge in [0.25, 0.3) is 5.89 Å². The van der Waals surface area contributed by atoms with Crippen molar-refractivity contribution in [2.24, 2.45) is 5.73 Å². The molecule has 0 fully saturated rings. The third-order valence-electron chi connectivity index (χ3n) is 3.30. The van der Waals surface area contributed by atoms with Crippen LogP contribution in [0.2, 0.25) is 0 Å². The molecule has 19 heavy (non-hydrogen) atoms. The minimum atomic E-state index is -0.602. The number of hydrogen-bond donors (Lipinski definition) is 1. The first kappa shape index (κ1) is 14.1. The van der Waals surface area contributed by atoms with Crippen LogP contribution in [-0.4, -0.2) is 10.1 Å². The molecular weight excluding hydrogens is 313 g/mol. The number of hydrogen-bond acceptors (Lipinski definition) is 4. The van der Waals surface area contributed by atoms with E-state index >= 15 is 0 Å². The van der Waals surface area contributed by atoms with E-state index in [1.807, 2.05) is 13.8 Å². The van der Waals surface area contributed by atoms with E-state index < -0.39 is 5.54 Å². The molecule has 0 atom stereocenters. The number of nitrogens with two attached hydrogens (primary N) is 1. The quantitative estimate of drug-likeness (QED) is 0.931. The summed E-state index contributed by atoms with van der Waals surface area (Å²) in [5.41, 5.74) is 6.13. The van der Waals surface area contributed by atoms with Crippen LogP contribution >= 0.6 is 15.9 Å². The molecule has 102 valence electrons. The molecule has 0 aliphatic heterocycles. The summed E-state index contributed by atoms with van der Waals surface area (Å²) in [7, 11) is 0. The van der Waals surface area contributed by atoms with Crippen LogP contribution in [0.15, 0.2) is 27.2 Å². The van der Waals surface area contributed by atoms with Gasteiger partial charge in [-0.2, -0.15) is 4.98 Å². The zero-order chi connectivity index (χ0) is 14.0. The molecular formula is C13H15BrFN3O. The smallest absolute Gasteiger partial charge is 0.258 e. The molecule has 1 heterocycles. The van der Waals surface area contributed by atoms with Gasteiger partial charge in [-0.05, 0) is 47.0 Å². The first-order chi connectivity index (χ1) is 9.00. The van der Waals surface area contributed by atoms with Gasteiger partial charge in [-0.1, -0.05) is 19.0 Å². The maximum Gasteiger partial charge on any atom is 0.258 e. The molecule has 0 saturated heterocycles. The Hall–Kier alpha value is -1.27. The van der Waals surface area contributed by atoms with Gasteiger partial charge in [-0.25, -0.2) is 4.39 Å². The minimum absolute atomic E-state index is 0.276. The zero-order valence-electron chi connectivity index (χ0n) is 10.8. The van der Waals surface area contributed by atoms with Crippen molar-refractivity contribution in [1.29, 1.82) is 0 Å². The summed E-state index contributed by atoms with van der Waals surface area (Å²) < 4.78 is 19.0. The number of nitrogens with zero attached hydrogens (tertiary/aromatic N) is 2. The second-order valence-electron chi connectivity index (χ2n) is 4.42. The van der Waals surface area contributed by atoms with Crippen molar-refractivity contribution in [3.63, 3.8) is 0 Å². The van der Waals surface area contributed by atoms with Gasteiger partial charge >= 0.3 is 0 Å². The monoisotopic (exact) mass is 327 g/mol. The SMILES string of the molecule is CCC(N)(CC)c1noc(-c2ccc(Br)c(F)c2)n1. The molecule has 1 aromatic heterocycles. The lowest BCUT2D eigenvalue weighted by molar-refractivity contribution is 0.350. The Morgan fingerprint density at radius 3 is 2.63 bits per heavy atom. The van der Waals surface area contributed by atoms with Gasteiger partial charge < -0.3 is 10.3 Å². The molecule has 0 aliphatic carbocycles. The number of rotatable bonds is 4. The van der Waals surface area contributed by atoms with E-state index in [0.29, 0.717) is 28.7 Å². The molecule has 4 nitrogen and oxygen atoms in total. The minimum Gasteiger partial charge on any atom is -0.334 e. The summed E-state index contributed by atoms with van der Waals surface area (Å²) in [6, 6.07) is 4.65. The van der Waals surface area contributed by atoms with Gasteiger partial charge in [-0.3, -0.25) is 0 Å². The average molecular weight is 328 g/mol. The van der Waals surface area contributed by atoms with E-state index in [2.05, 4.69) is 26.1 Å². The van der Waals surface area contributed by atoms with E-state index in [4.69, 9.17) is 10.3 Å². The van der Waals surface area contributed by atoms with Gasteiger partial charge in [0.2, 0.25) is 0 Å². The lowest BCUT2D eigenvalue weighted by Gasteiger charge is -2.21. The van der Waals surface area contributed by atoms with Crippen molar-refractivity contribution in [2.75, 3.05) is 0 Å². The molecule has 1 aromatic carbocycles. The van der Waals surface area contributed by atoms with E-state index in [0.717, 1.165) is 0 Å². The molecule has 0 bridgehead atoms. The van der Waals surface area contributed by atoms with Crippen molar-refractivity contribution in [3.05, 3.63) is 34.3 Å². The van der Waals surface area contributed by atoms with Crippen LogP contribution in [0.4, 0.5) is 4.39 Å². The van der Waals surface area contributed by atoms with Crippen molar-refractivity contribution in [2.45, 2.75) is 32.2 Å². The number of halogens is 2. The summed E-state index contributed by atoms with van der Waals surface area (Å²) >= 11 is 3.10. The number of benzene rings is 1. The van der Waals surface area contributed by atoms with E-state index in [1.165, 1.54) is 6.07 Å². The second-order valence-corrected chi connectivity index (χ2v) is 5.27. The van der Waals surface area contributed by atoms with E-state index in [1.54, 1.807) is 12.1 Å². The van der Waals surface area contributed by atoms with Crippen molar-refractivity contribution >= 4 is 15.9 Å². The largest absolute Gasteiger partial charge is 0.334 e. The maximum atomic E-state index is 13.5. The highest BCUT2D eigenvalue weighted by atomic mass is 79.9.